The summed E-state index contributed by atoms with van der Waals surface area (Å²) in [5.74, 6) is -0.500. The van der Waals surface area contributed by atoms with Gasteiger partial charge >= 0.3 is 0 Å². The molecule has 0 aliphatic carbocycles. The number of aliphatic hydroxyl groups excluding tert-OH is 1. The average molecular weight is 346 g/mol. The molecule has 1 aliphatic heterocycles. The van der Waals surface area contributed by atoms with E-state index in [1.807, 2.05) is 30.3 Å². The maximum Gasteiger partial charge on any atom is 0.292 e. The molecule has 0 spiro atoms. The van der Waals surface area contributed by atoms with Gasteiger partial charge in [-0.05, 0) is 29.8 Å². The molecule has 124 valence electrons. The first-order valence-corrected chi connectivity index (χ1v) is 8.13. The predicted octanol–water partition coefficient (Wildman–Crippen LogP) is 1.27. The number of benzene rings is 2. The second-order valence-electron chi connectivity index (χ2n) is 5.75. The van der Waals surface area contributed by atoms with Gasteiger partial charge in [0.25, 0.3) is 5.91 Å². The normalized spacial score (nSPS) is 18.9. The molecule has 2 aromatic rings. The molecule has 1 heterocycles. The molecule has 0 aromatic heterocycles. The van der Waals surface area contributed by atoms with Gasteiger partial charge < -0.3 is 10.4 Å². The fourth-order valence-corrected chi connectivity index (χ4v) is 2.93. The lowest BCUT2D eigenvalue weighted by Crippen LogP contribution is -2.92. The number of hydrogen-bond donors (Lipinski definition) is 2. The van der Waals surface area contributed by atoms with Gasteiger partial charge in [0.2, 0.25) is 5.91 Å². The lowest BCUT2D eigenvalue weighted by molar-refractivity contribution is -0.681. The number of quaternary nitrogens is 1. The monoisotopic (exact) mass is 345 g/mol. The van der Waals surface area contributed by atoms with Crippen LogP contribution in [0.25, 0.3) is 0 Å². The lowest BCUT2D eigenvalue weighted by Gasteiger charge is -2.15. The molecular formula is C18H18ClN2O3+. The van der Waals surface area contributed by atoms with Crippen LogP contribution in [0.5, 0.6) is 0 Å². The third kappa shape index (κ3) is 3.48. The molecule has 2 amide bonds. The van der Waals surface area contributed by atoms with Gasteiger partial charge in [0.1, 0.15) is 12.6 Å². The van der Waals surface area contributed by atoms with Crippen LogP contribution in [0.4, 0.5) is 5.69 Å². The van der Waals surface area contributed by atoms with Gasteiger partial charge in [0, 0.05) is 5.02 Å². The second-order valence-corrected chi connectivity index (χ2v) is 6.19. The molecule has 1 aliphatic rings. The van der Waals surface area contributed by atoms with Crippen molar-refractivity contribution in [2.75, 3.05) is 11.4 Å². The molecule has 2 unspecified atom stereocenters. The van der Waals surface area contributed by atoms with Gasteiger partial charge in [0.05, 0.1) is 12.1 Å². The number of amides is 2. The number of nitrogens with zero attached hydrogens (tertiary/aromatic N) is 1. The number of imide groups is 1. The predicted molar refractivity (Wildman–Crippen MR) is 90.5 cm³/mol. The van der Waals surface area contributed by atoms with E-state index in [4.69, 9.17) is 11.6 Å². The number of aliphatic hydroxyl groups is 1. The van der Waals surface area contributed by atoms with Crippen LogP contribution in [0.15, 0.2) is 54.6 Å². The molecule has 2 atom stereocenters. The number of carbonyl (C=O) groups excluding carboxylic acids is 2. The number of carbonyl (C=O) groups is 2. The quantitative estimate of drug-likeness (QED) is 0.801. The summed E-state index contributed by atoms with van der Waals surface area (Å²) >= 11 is 5.84. The topological polar surface area (TPSA) is 74.2 Å². The Balaban J connectivity index is 1.65. The van der Waals surface area contributed by atoms with Crippen molar-refractivity contribution in [1.29, 1.82) is 0 Å². The molecule has 5 nitrogen and oxygen atoms in total. The Kier molecular flexibility index (Phi) is 4.94. The Morgan fingerprint density at radius 3 is 2.46 bits per heavy atom. The first-order chi connectivity index (χ1) is 11.6. The zero-order chi connectivity index (χ0) is 17.1. The standard InChI is InChI=1S/C18H17ClN2O3/c19-13-6-8-14(9-7-13)21-17(23)10-15(18(21)24)20-11-16(22)12-4-2-1-3-5-12/h1-9,15-16,20,22H,10-11H2/p+1. The van der Waals surface area contributed by atoms with E-state index in [9.17, 15) is 14.7 Å². The minimum Gasteiger partial charge on any atom is -0.382 e. The molecule has 3 N–H and O–H groups in total. The van der Waals surface area contributed by atoms with Crippen molar-refractivity contribution in [3.63, 3.8) is 0 Å². The highest BCUT2D eigenvalue weighted by Gasteiger charge is 2.42. The number of rotatable bonds is 5. The Bertz CT molecular complexity index is 734. The van der Waals surface area contributed by atoms with Gasteiger partial charge in [-0.3, -0.25) is 9.59 Å². The van der Waals surface area contributed by atoms with Crippen LogP contribution in [-0.2, 0) is 9.59 Å². The van der Waals surface area contributed by atoms with Crippen molar-refractivity contribution in [2.45, 2.75) is 18.6 Å². The van der Waals surface area contributed by atoms with Crippen LogP contribution in [0.3, 0.4) is 0 Å². The summed E-state index contributed by atoms with van der Waals surface area (Å²) < 4.78 is 0. The highest BCUT2D eigenvalue weighted by Crippen LogP contribution is 2.23. The van der Waals surface area contributed by atoms with Crippen LogP contribution < -0.4 is 10.2 Å². The van der Waals surface area contributed by atoms with Gasteiger partial charge in [0.15, 0.2) is 6.04 Å². The molecule has 0 saturated carbocycles. The number of anilines is 1. The fraction of sp³-hybridized carbons (Fsp3) is 0.222. The second kappa shape index (κ2) is 7.13. The lowest BCUT2D eigenvalue weighted by atomic mass is 10.1. The van der Waals surface area contributed by atoms with Crippen LogP contribution in [0, 0.1) is 0 Å². The van der Waals surface area contributed by atoms with E-state index in [0.717, 1.165) is 5.56 Å². The minimum atomic E-state index is -0.682. The van der Waals surface area contributed by atoms with Crippen molar-refractivity contribution >= 4 is 29.1 Å². The number of hydrogen-bond acceptors (Lipinski definition) is 3. The minimum absolute atomic E-state index is 0.128. The molecule has 1 saturated heterocycles. The Labute approximate surface area is 144 Å². The van der Waals surface area contributed by atoms with Crippen molar-refractivity contribution in [3.05, 3.63) is 65.2 Å². The highest BCUT2D eigenvalue weighted by molar-refractivity contribution is 6.30. The summed E-state index contributed by atoms with van der Waals surface area (Å²) in [6.45, 7) is 0.322. The molecule has 0 radical (unpaired) electrons. The first-order valence-electron chi connectivity index (χ1n) is 7.75. The summed E-state index contributed by atoms with van der Waals surface area (Å²) in [6.07, 6.45) is -0.554. The third-order valence-corrected chi connectivity index (χ3v) is 4.35. The summed E-state index contributed by atoms with van der Waals surface area (Å²) in [7, 11) is 0. The smallest absolute Gasteiger partial charge is 0.292 e. The average Bonchev–Trinajstić information content (AvgIpc) is 2.88. The fourth-order valence-electron chi connectivity index (χ4n) is 2.81. The largest absolute Gasteiger partial charge is 0.382 e. The Morgan fingerprint density at radius 1 is 1.12 bits per heavy atom. The first kappa shape index (κ1) is 16.6. The van der Waals surface area contributed by atoms with Gasteiger partial charge in [-0.1, -0.05) is 41.9 Å². The van der Waals surface area contributed by atoms with Crippen LogP contribution in [-0.4, -0.2) is 29.5 Å². The maximum absolute atomic E-state index is 12.5. The highest BCUT2D eigenvalue weighted by atomic mass is 35.5. The van der Waals surface area contributed by atoms with Crippen molar-refractivity contribution < 1.29 is 20.0 Å². The summed E-state index contributed by atoms with van der Waals surface area (Å²) in [5, 5.41) is 12.5. The Morgan fingerprint density at radius 2 is 1.79 bits per heavy atom. The SMILES string of the molecule is O=C1CC([NH2+]CC(O)c2ccccc2)C(=O)N1c1ccc(Cl)cc1. The molecule has 2 aromatic carbocycles. The molecular weight excluding hydrogens is 328 g/mol. The van der Waals surface area contributed by atoms with Crippen molar-refractivity contribution in [2.24, 2.45) is 0 Å². The van der Waals surface area contributed by atoms with E-state index < -0.39 is 12.1 Å². The summed E-state index contributed by atoms with van der Waals surface area (Å²) in [5.41, 5.74) is 1.31. The van der Waals surface area contributed by atoms with Gasteiger partial charge in [-0.2, -0.15) is 0 Å². The zero-order valence-electron chi connectivity index (χ0n) is 12.9. The Hall–Kier alpha value is -2.21. The molecule has 6 heteroatoms. The van der Waals surface area contributed by atoms with Crippen LogP contribution in [0.2, 0.25) is 5.02 Å². The molecule has 1 fully saturated rings. The van der Waals surface area contributed by atoms with Crippen LogP contribution in [0.1, 0.15) is 18.1 Å². The number of halogens is 1. The van der Waals surface area contributed by atoms with Crippen molar-refractivity contribution in [1.82, 2.24) is 0 Å². The van der Waals surface area contributed by atoms with Crippen LogP contribution >= 0.6 is 11.6 Å². The molecule has 0 bridgehead atoms. The maximum atomic E-state index is 12.5. The van der Waals surface area contributed by atoms with E-state index in [-0.39, 0.29) is 18.2 Å². The van der Waals surface area contributed by atoms with E-state index in [2.05, 4.69) is 0 Å². The van der Waals surface area contributed by atoms with E-state index in [0.29, 0.717) is 17.3 Å². The summed E-state index contributed by atoms with van der Waals surface area (Å²) in [6, 6.07) is 15.3. The van der Waals surface area contributed by atoms with Crippen molar-refractivity contribution in [3.8, 4) is 0 Å². The summed E-state index contributed by atoms with van der Waals surface area (Å²) in [4.78, 5) is 25.9. The van der Waals surface area contributed by atoms with E-state index in [1.54, 1.807) is 29.6 Å². The van der Waals surface area contributed by atoms with E-state index in [1.165, 1.54) is 4.90 Å². The molecule has 24 heavy (non-hydrogen) atoms. The number of nitrogens with two attached hydrogens (primary N) is 1. The van der Waals surface area contributed by atoms with Gasteiger partial charge in [-0.15, -0.1) is 0 Å². The van der Waals surface area contributed by atoms with E-state index >= 15 is 0 Å². The molecule has 3 rings (SSSR count). The third-order valence-electron chi connectivity index (χ3n) is 4.09. The zero-order valence-corrected chi connectivity index (χ0v) is 13.7. The van der Waals surface area contributed by atoms with Gasteiger partial charge in [-0.25, -0.2) is 4.90 Å².